The Balaban J connectivity index is 1.84. The van der Waals surface area contributed by atoms with Gasteiger partial charge < -0.3 is 15.5 Å². The quantitative estimate of drug-likeness (QED) is 0.744. The van der Waals surface area contributed by atoms with E-state index in [0.717, 1.165) is 43.6 Å². The summed E-state index contributed by atoms with van der Waals surface area (Å²) in [6.07, 6.45) is 3.53. The van der Waals surface area contributed by atoms with Crippen LogP contribution in [-0.2, 0) is 4.79 Å². The van der Waals surface area contributed by atoms with Gasteiger partial charge in [0, 0.05) is 30.9 Å². The SMILES string of the molecule is CCCC(=O)Nc1ccc(N2CCCC2)c(C(=O)N[C@H](C)c2ccccc2)c1. The summed E-state index contributed by atoms with van der Waals surface area (Å²) in [6.45, 7) is 5.86. The summed E-state index contributed by atoms with van der Waals surface area (Å²) < 4.78 is 0. The molecule has 0 aromatic heterocycles. The Bertz CT molecular complexity index is 814. The maximum atomic E-state index is 13.1. The molecule has 0 radical (unpaired) electrons. The van der Waals surface area contributed by atoms with Gasteiger partial charge in [-0.25, -0.2) is 0 Å². The van der Waals surface area contributed by atoms with Gasteiger partial charge in [0.1, 0.15) is 0 Å². The van der Waals surface area contributed by atoms with E-state index in [0.29, 0.717) is 17.7 Å². The predicted molar refractivity (Wildman–Crippen MR) is 114 cm³/mol. The van der Waals surface area contributed by atoms with Crippen molar-refractivity contribution in [3.63, 3.8) is 0 Å². The van der Waals surface area contributed by atoms with Gasteiger partial charge in [-0.05, 0) is 49.9 Å². The number of anilines is 2. The first-order chi connectivity index (χ1) is 13.6. The predicted octanol–water partition coefficient (Wildman–Crippen LogP) is 4.52. The lowest BCUT2D eigenvalue weighted by Crippen LogP contribution is -2.29. The second-order valence-electron chi connectivity index (χ2n) is 7.33. The van der Waals surface area contributed by atoms with Crippen LogP contribution in [0.4, 0.5) is 11.4 Å². The molecule has 5 heteroatoms. The van der Waals surface area contributed by atoms with E-state index >= 15 is 0 Å². The summed E-state index contributed by atoms with van der Waals surface area (Å²) in [5.41, 5.74) is 3.27. The smallest absolute Gasteiger partial charge is 0.253 e. The standard InChI is InChI=1S/C23H29N3O2/c1-3-9-22(27)25-19-12-13-21(26-14-7-8-15-26)20(16-19)23(28)24-17(2)18-10-5-4-6-11-18/h4-6,10-13,16-17H,3,7-9,14-15H2,1-2H3,(H,24,28)(H,25,27)/t17-/m1/s1. The van der Waals surface area contributed by atoms with E-state index in [2.05, 4.69) is 15.5 Å². The number of rotatable bonds is 7. The lowest BCUT2D eigenvalue weighted by atomic mass is 10.1. The number of nitrogens with one attached hydrogen (secondary N) is 2. The molecule has 2 aromatic rings. The van der Waals surface area contributed by atoms with Gasteiger partial charge >= 0.3 is 0 Å². The lowest BCUT2D eigenvalue weighted by Gasteiger charge is -2.23. The molecule has 28 heavy (non-hydrogen) atoms. The van der Waals surface area contributed by atoms with Gasteiger partial charge in [-0.15, -0.1) is 0 Å². The summed E-state index contributed by atoms with van der Waals surface area (Å²) in [5, 5.41) is 6.01. The number of amides is 2. The molecule has 0 saturated carbocycles. The number of nitrogens with zero attached hydrogens (tertiary/aromatic N) is 1. The molecule has 2 amide bonds. The fraction of sp³-hybridized carbons (Fsp3) is 0.391. The van der Waals surface area contributed by atoms with Crippen molar-refractivity contribution in [1.82, 2.24) is 5.32 Å². The molecule has 1 aliphatic heterocycles. The molecule has 0 unspecified atom stereocenters. The third-order valence-corrected chi connectivity index (χ3v) is 5.10. The Morgan fingerprint density at radius 1 is 1.07 bits per heavy atom. The largest absolute Gasteiger partial charge is 0.371 e. The van der Waals surface area contributed by atoms with Crippen molar-refractivity contribution in [1.29, 1.82) is 0 Å². The fourth-order valence-corrected chi connectivity index (χ4v) is 3.58. The maximum absolute atomic E-state index is 13.1. The Kier molecular flexibility index (Phi) is 6.69. The number of hydrogen-bond donors (Lipinski definition) is 2. The summed E-state index contributed by atoms with van der Waals surface area (Å²) >= 11 is 0. The molecule has 5 nitrogen and oxygen atoms in total. The normalized spacial score (nSPS) is 14.6. The van der Waals surface area contributed by atoms with Crippen LogP contribution in [-0.4, -0.2) is 24.9 Å². The summed E-state index contributed by atoms with van der Waals surface area (Å²) in [4.78, 5) is 27.3. The molecular weight excluding hydrogens is 350 g/mol. The van der Waals surface area contributed by atoms with E-state index in [4.69, 9.17) is 0 Å². The Labute approximate surface area is 167 Å². The molecule has 0 spiro atoms. The average Bonchev–Trinajstić information content (AvgIpc) is 3.23. The zero-order chi connectivity index (χ0) is 19.9. The van der Waals surface area contributed by atoms with Crippen molar-refractivity contribution >= 4 is 23.2 Å². The van der Waals surface area contributed by atoms with Crippen LogP contribution in [0.25, 0.3) is 0 Å². The lowest BCUT2D eigenvalue weighted by molar-refractivity contribution is -0.116. The highest BCUT2D eigenvalue weighted by molar-refractivity contribution is 6.02. The van der Waals surface area contributed by atoms with Crippen LogP contribution in [0.2, 0.25) is 0 Å². The van der Waals surface area contributed by atoms with Crippen LogP contribution in [0.1, 0.15) is 61.5 Å². The Morgan fingerprint density at radius 2 is 1.79 bits per heavy atom. The topological polar surface area (TPSA) is 61.4 Å². The van der Waals surface area contributed by atoms with Crippen molar-refractivity contribution < 1.29 is 9.59 Å². The summed E-state index contributed by atoms with van der Waals surface area (Å²) in [7, 11) is 0. The minimum absolute atomic E-state index is 0.0274. The number of benzene rings is 2. The van der Waals surface area contributed by atoms with Crippen molar-refractivity contribution in [3.05, 3.63) is 59.7 Å². The van der Waals surface area contributed by atoms with Crippen molar-refractivity contribution in [2.24, 2.45) is 0 Å². The third-order valence-electron chi connectivity index (χ3n) is 5.10. The molecule has 1 fully saturated rings. The number of carbonyl (C=O) groups excluding carboxylic acids is 2. The van der Waals surface area contributed by atoms with E-state index in [-0.39, 0.29) is 17.9 Å². The Morgan fingerprint density at radius 3 is 2.46 bits per heavy atom. The highest BCUT2D eigenvalue weighted by atomic mass is 16.2. The second kappa shape index (κ2) is 9.40. The monoisotopic (exact) mass is 379 g/mol. The van der Waals surface area contributed by atoms with Gasteiger partial charge in [0.25, 0.3) is 5.91 Å². The zero-order valence-electron chi connectivity index (χ0n) is 16.7. The van der Waals surface area contributed by atoms with E-state index in [1.54, 1.807) is 6.07 Å². The number of carbonyl (C=O) groups is 2. The minimum atomic E-state index is -0.121. The minimum Gasteiger partial charge on any atom is -0.371 e. The molecule has 148 valence electrons. The van der Waals surface area contributed by atoms with Crippen LogP contribution >= 0.6 is 0 Å². The molecule has 0 aliphatic carbocycles. The van der Waals surface area contributed by atoms with Gasteiger partial charge in [-0.3, -0.25) is 9.59 Å². The summed E-state index contributed by atoms with van der Waals surface area (Å²) in [6, 6.07) is 15.5. The third kappa shape index (κ3) is 4.91. The van der Waals surface area contributed by atoms with Crippen molar-refractivity contribution in [2.75, 3.05) is 23.3 Å². The molecular formula is C23H29N3O2. The van der Waals surface area contributed by atoms with Crippen LogP contribution in [0.3, 0.4) is 0 Å². The Hall–Kier alpha value is -2.82. The molecule has 1 saturated heterocycles. The van der Waals surface area contributed by atoms with Crippen molar-refractivity contribution in [2.45, 2.75) is 45.6 Å². The molecule has 3 rings (SSSR count). The van der Waals surface area contributed by atoms with Gasteiger partial charge in [0.2, 0.25) is 5.91 Å². The van der Waals surface area contributed by atoms with Crippen LogP contribution in [0.5, 0.6) is 0 Å². The first-order valence-corrected chi connectivity index (χ1v) is 10.1. The van der Waals surface area contributed by atoms with E-state index in [9.17, 15) is 9.59 Å². The van der Waals surface area contributed by atoms with Gasteiger partial charge in [-0.1, -0.05) is 37.3 Å². The molecule has 2 N–H and O–H groups in total. The molecule has 1 aliphatic rings. The maximum Gasteiger partial charge on any atom is 0.253 e. The molecule has 1 heterocycles. The van der Waals surface area contributed by atoms with Gasteiger partial charge in [0.15, 0.2) is 0 Å². The average molecular weight is 380 g/mol. The van der Waals surface area contributed by atoms with Crippen LogP contribution in [0, 0.1) is 0 Å². The molecule has 0 bridgehead atoms. The highest BCUT2D eigenvalue weighted by Crippen LogP contribution is 2.28. The van der Waals surface area contributed by atoms with Gasteiger partial charge in [0.05, 0.1) is 11.6 Å². The second-order valence-corrected chi connectivity index (χ2v) is 7.33. The zero-order valence-corrected chi connectivity index (χ0v) is 16.7. The van der Waals surface area contributed by atoms with Gasteiger partial charge in [-0.2, -0.15) is 0 Å². The van der Waals surface area contributed by atoms with Crippen LogP contribution < -0.4 is 15.5 Å². The van der Waals surface area contributed by atoms with E-state index in [1.165, 1.54) is 0 Å². The molecule has 1 atom stereocenters. The summed E-state index contributed by atoms with van der Waals surface area (Å²) in [5.74, 6) is -0.148. The van der Waals surface area contributed by atoms with E-state index < -0.39 is 0 Å². The van der Waals surface area contributed by atoms with Crippen molar-refractivity contribution in [3.8, 4) is 0 Å². The van der Waals surface area contributed by atoms with Crippen LogP contribution in [0.15, 0.2) is 48.5 Å². The first kappa shape index (κ1) is 19.9. The highest BCUT2D eigenvalue weighted by Gasteiger charge is 2.21. The van der Waals surface area contributed by atoms with E-state index in [1.807, 2.05) is 56.3 Å². The number of hydrogen-bond acceptors (Lipinski definition) is 3. The fourth-order valence-electron chi connectivity index (χ4n) is 3.58. The first-order valence-electron chi connectivity index (χ1n) is 10.1. The molecule has 2 aromatic carbocycles.